The smallest absolute Gasteiger partial charge is 0.320 e. The van der Waals surface area contributed by atoms with Crippen molar-refractivity contribution in [1.82, 2.24) is 0 Å². The van der Waals surface area contributed by atoms with Crippen molar-refractivity contribution in [2.75, 3.05) is 6.61 Å². The van der Waals surface area contributed by atoms with Crippen molar-refractivity contribution in [1.29, 1.82) is 0 Å². The predicted molar refractivity (Wildman–Crippen MR) is 63.8 cm³/mol. The molecule has 17 heavy (non-hydrogen) atoms. The molecule has 1 unspecified atom stereocenters. The SMILES string of the molecule is CC(=O)C1(Cc2ccc(Cl)cc2)CCOC1=O. The molecular weight excluding hydrogens is 240 g/mol. The molecule has 0 aromatic heterocycles. The Morgan fingerprint density at radius 2 is 2.06 bits per heavy atom. The van der Waals surface area contributed by atoms with Crippen molar-refractivity contribution in [2.45, 2.75) is 19.8 Å². The van der Waals surface area contributed by atoms with Gasteiger partial charge in [-0.1, -0.05) is 23.7 Å². The predicted octanol–water partition coefficient (Wildman–Crippen LogP) is 2.40. The van der Waals surface area contributed by atoms with Crippen LogP contribution in [0.4, 0.5) is 0 Å². The second kappa shape index (κ2) is 4.49. The summed E-state index contributed by atoms with van der Waals surface area (Å²) in [7, 11) is 0. The zero-order chi connectivity index (χ0) is 12.5. The topological polar surface area (TPSA) is 43.4 Å². The van der Waals surface area contributed by atoms with Gasteiger partial charge in [0.15, 0.2) is 0 Å². The number of hydrogen-bond donors (Lipinski definition) is 0. The van der Waals surface area contributed by atoms with Gasteiger partial charge in [-0.05, 0) is 31.0 Å². The van der Waals surface area contributed by atoms with Crippen LogP contribution in [-0.2, 0) is 20.7 Å². The van der Waals surface area contributed by atoms with Crippen LogP contribution < -0.4 is 0 Å². The minimum Gasteiger partial charge on any atom is -0.465 e. The molecule has 1 aromatic rings. The van der Waals surface area contributed by atoms with Crippen LogP contribution in [-0.4, -0.2) is 18.4 Å². The van der Waals surface area contributed by atoms with E-state index in [0.29, 0.717) is 24.5 Å². The maximum atomic E-state index is 11.7. The number of Topliss-reactive ketones (excluding diaryl/α,β-unsaturated/α-hetero) is 1. The van der Waals surface area contributed by atoms with Gasteiger partial charge in [-0.15, -0.1) is 0 Å². The number of benzene rings is 1. The van der Waals surface area contributed by atoms with Crippen LogP contribution in [0.3, 0.4) is 0 Å². The fourth-order valence-electron chi connectivity index (χ4n) is 2.11. The molecular formula is C13H13ClO3. The third kappa shape index (κ3) is 2.20. The minimum atomic E-state index is -0.992. The van der Waals surface area contributed by atoms with Crippen molar-refractivity contribution in [2.24, 2.45) is 5.41 Å². The molecule has 0 aliphatic carbocycles. The summed E-state index contributed by atoms with van der Waals surface area (Å²) >= 11 is 5.80. The minimum absolute atomic E-state index is 0.130. The monoisotopic (exact) mass is 252 g/mol. The summed E-state index contributed by atoms with van der Waals surface area (Å²) in [5.74, 6) is -0.532. The van der Waals surface area contributed by atoms with E-state index in [0.717, 1.165) is 5.56 Å². The quantitative estimate of drug-likeness (QED) is 0.613. The highest BCUT2D eigenvalue weighted by Crippen LogP contribution is 2.35. The van der Waals surface area contributed by atoms with Gasteiger partial charge < -0.3 is 4.74 Å². The highest BCUT2D eigenvalue weighted by Gasteiger charge is 2.48. The largest absolute Gasteiger partial charge is 0.465 e. The van der Waals surface area contributed by atoms with Crippen molar-refractivity contribution in [3.05, 3.63) is 34.9 Å². The van der Waals surface area contributed by atoms with Crippen LogP contribution in [0.5, 0.6) is 0 Å². The summed E-state index contributed by atoms with van der Waals surface area (Å²) in [6.07, 6.45) is 0.849. The Morgan fingerprint density at radius 1 is 1.41 bits per heavy atom. The molecule has 2 rings (SSSR count). The first-order valence-corrected chi connectivity index (χ1v) is 5.85. The lowest BCUT2D eigenvalue weighted by molar-refractivity contribution is -0.150. The van der Waals surface area contributed by atoms with E-state index in [1.54, 1.807) is 12.1 Å². The molecule has 1 aliphatic heterocycles. The van der Waals surface area contributed by atoms with Crippen LogP contribution >= 0.6 is 11.6 Å². The van der Waals surface area contributed by atoms with Crippen molar-refractivity contribution < 1.29 is 14.3 Å². The second-order valence-corrected chi connectivity index (χ2v) is 4.76. The normalized spacial score (nSPS) is 23.5. The zero-order valence-corrected chi connectivity index (χ0v) is 10.3. The number of ketones is 1. The lowest BCUT2D eigenvalue weighted by Gasteiger charge is -2.21. The van der Waals surface area contributed by atoms with Gasteiger partial charge >= 0.3 is 5.97 Å². The highest BCUT2D eigenvalue weighted by molar-refractivity contribution is 6.30. The summed E-state index contributed by atoms with van der Waals surface area (Å²) in [5, 5.41) is 0.639. The molecule has 90 valence electrons. The van der Waals surface area contributed by atoms with Gasteiger partial charge in [-0.3, -0.25) is 9.59 Å². The molecule has 1 aromatic carbocycles. The lowest BCUT2D eigenvalue weighted by atomic mass is 9.77. The van der Waals surface area contributed by atoms with Crippen molar-refractivity contribution in [3.8, 4) is 0 Å². The molecule has 0 saturated carbocycles. The molecule has 1 atom stereocenters. The van der Waals surface area contributed by atoms with E-state index in [1.807, 2.05) is 12.1 Å². The number of carbonyl (C=O) groups is 2. The molecule has 4 heteroatoms. The van der Waals surface area contributed by atoms with Gasteiger partial charge in [0.25, 0.3) is 0 Å². The fourth-order valence-corrected chi connectivity index (χ4v) is 2.24. The Morgan fingerprint density at radius 3 is 2.53 bits per heavy atom. The van der Waals surface area contributed by atoms with Crippen LogP contribution in [0.1, 0.15) is 18.9 Å². The van der Waals surface area contributed by atoms with Gasteiger partial charge in [0.05, 0.1) is 6.61 Å². The van der Waals surface area contributed by atoms with Gasteiger partial charge in [0, 0.05) is 11.4 Å². The summed E-state index contributed by atoms with van der Waals surface area (Å²) in [5.41, 5.74) is -0.0724. The van der Waals surface area contributed by atoms with E-state index in [4.69, 9.17) is 16.3 Å². The average Bonchev–Trinajstić information content (AvgIpc) is 2.65. The number of hydrogen-bond acceptors (Lipinski definition) is 3. The van der Waals surface area contributed by atoms with Gasteiger partial charge in [-0.2, -0.15) is 0 Å². The van der Waals surface area contributed by atoms with E-state index in [-0.39, 0.29) is 5.78 Å². The fraction of sp³-hybridized carbons (Fsp3) is 0.385. The first-order valence-electron chi connectivity index (χ1n) is 5.47. The summed E-state index contributed by atoms with van der Waals surface area (Å²) < 4.78 is 4.94. The van der Waals surface area contributed by atoms with Gasteiger partial charge in [0.2, 0.25) is 0 Å². The van der Waals surface area contributed by atoms with Crippen LogP contribution in [0.2, 0.25) is 5.02 Å². The maximum absolute atomic E-state index is 11.7. The van der Waals surface area contributed by atoms with E-state index in [9.17, 15) is 9.59 Å². The second-order valence-electron chi connectivity index (χ2n) is 4.33. The standard InChI is InChI=1S/C13H13ClO3/c1-9(15)13(6-7-17-12(13)16)8-10-2-4-11(14)5-3-10/h2-5H,6-8H2,1H3. The van der Waals surface area contributed by atoms with Gasteiger partial charge in [-0.25, -0.2) is 0 Å². The van der Waals surface area contributed by atoms with Gasteiger partial charge in [0.1, 0.15) is 11.2 Å². The average molecular weight is 253 g/mol. The Hall–Kier alpha value is -1.35. The summed E-state index contributed by atoms with van der Waals surface area (Å²) in [6.45, 7) is 1.77. The first kappa shape index (κ1) is 12.1. The Bertz CT molecular complexity index is 452. The molecule has 0 radical (unpaired) electrons. The number of ether oxygens (including phenoxy) is 1. The number of halogens is 1. The Balaban J connectivity index is 2.28. The molecule has 1 heterocycles. The van der Waals surface area contributed by atoms with Crippen molar-refractivity contribution >= 4 is 23.4 Å². The Kier molecular flexibility index (Phi) is 3.20. The van der Waals surface area contributed by atoms with E-state index in [1.165, 1.54) is 6.92 Å². The molecule has 0 N–H and O–H groups in total. The summed E-state index contributed by atoms with van der Waals surface area (Å²) in [4.78, 5) is 23.5. The van der Waals surface area contributed by atoms with E-state index in [2.05, 4.69) is 0 Å². The molecule has 3 nitrogen and oxygen atoms in total. The van der Waals surface area contributed by atoms with Crippen molar-refractivity contribution in [3.63, 3.8) is 0 Å². The zero-order valence-electron chi connectivity index (χ0n) is 9.53. The molecule has 1 aliphatic rings. The Labute approximate surface area is 105 Å². The summed E-state index contributed by atoms with van der Waals surface area (Å²) in [6, 6.07) is 7.17. The molecule has 0 amide bonds. The highest BCUT2D eigenvalue weighted by atomic mass is 35.5. The third-order valence-electron chi connectivity index (χ3n) is 3.25. The molecule has 1 fully saturated rings. The van der Waals surface area contributed by atoms with E-state index < -0.39 is 11.4 Å². The van der Waals surface area contributed by atoms with Crippen LogP contribution in [0, 0.1) is 5.41 Å². The van der Waals surface area contributed by atoms with Crippen LogP contribution in [0.25, 0.3) is 0 Å². The van der Waals surface area contributed by atoms with Crippen LogP contribution in [0.15, 0.2) is 24.3 Å². The number of cyclic esters (lactones) is 1. The maximum Gasteiger partial charge on any atom is 0.320 e. The molecule has 0 bridgehead atoms. The third-order valence-corrected chi connectivity index (χ3v) is 3.50. The number of carbonyl (C=O) groups excluding carboxylic acids is 2. The molecule has 0 spiro atoms. The van der Waals surface area contributed by atoms with E-state index >= 15 is 0 Å². The number of rotatable bonds is 3. The number of esters is 1. The molecule has 1 saturated heterocycles. The first-order chi connectivity index (χ1) is 8.04. The lowest BCUT2D eigenvalue weighted by Crippen LogP contribution is -2.36.